The molecule has 0 amide bonds. The summed E-state index contributed by atoms with van der Waals surface area (Å²) in [5.74, 6) is 0. The fourth-order valence-corrected chi connectivity index (χ4v) is 1.83. The fraction of sp³-hybridized carbons (Fsp3) is 0.455. The van der Waals surface area contributed by atoms with E-state index in [0.717, 1.165) is 5.56 Å². The van der Waals surface area contributed by atoms with Gasteiger partial charge in [0.05, 0.1) is 0 Å². The molecule has 1 aromatic carbocycles. The zero-order valence-electron chi connectivity index (χ0n) is 8.00. The van der Waals surface area contributed by atoms with Crippen LogP contribution in [0.1, 0.15) is 18.4 Å². The Morgan fingerprint density at radius 1 is 1.07 bits per heavy atom. The van der Waals surface area contributed by atoms with Crippen molar-refractivity contribution in [3.05, 3.63) is 35.9 Å². The van der Waals surface area contributed by atoms with Crippen LogP contribution in [0.2, 0.25) is 0 Å². The molecule has 1 fully saturated rings. The highest BCUT2D eigenvalue weighted by atomic mass is 16.3. The van der Waals surface area contributed by atoms with Crippen LogP contribution in [0.5, 0.6) is 0 Å². The van der Waals surface area contributed by atoms with E-state index in [9.17, 15) is 10.2 Å². The fourth-order valence-electron chi connectivity index (χ4n) is 1.83. The van der Waals surface area contributed by atoms with Crippen LogP contribution in [0.3, 0.4) is 0 Å². The number of nitrogens with zero attached hydrogens (tertiary/aromatic N) is 1. The first-order valence-electron chi connectivity index (χ1n) is 4.93. The lowest BCUT2D eigenvalue weighted by Crippen LogP contribution is -2.35. The molecule has 0 radical (unpaired) electrons. The lowest BCUT2D eigenvalue weighted by Gasteiger charge is -2.23. The Morgan fingerprint density at radius 3 is 2.21 bits per heavy atom. The summed E-state index contributed by atoms with van der Waals surface area (Å²) in [7, 11) is 0. The third kappa shape index (κ3) is 1.95. The average molecular weight is 193 g/mol. The van der Waals surface area contributed by atoms with Gasteiger partial charge in [0, 0.05) is 6.54 Å². The second-order valence-electron chi connectivity index (χ2n) is 3.70. The van der Waals surface area contributed by atoms with Crippen LogP contribution in [0.25, 0.3) is 0 Å². The quantitative estimate of drug-likeness (QED) is 0.734. The Bertz CT molecular complexity index is 279. The molecule has 2 atom stereocenters. The molecule has 76 valence electrons. The third-order valence-electron chi connectivity index (χ3n) is 2.66. The van der Waals surface area contributed by atoms with Gasteiger partial charge < -0.3 is 10.2 Å². The van der Waals surface area contributed by atoms with Crippen molar-refractivity contribution in [3.8, 4) is 0 Å². The molecule has 2 N–H and O–H groups in total. The number of rotatable bonds is 2. The summed E-state index contributed by atoms with van der Waals surface area (Å²) in [6, 6.07) is 9.88. The van der Waals surface area contributed by atoms with Crippen molar-refractivity contribution < 1.29 is 10.2 Å². The Kier molecular flexibility index (Phi) is 2.82. The SMILES string of the molecule is OC1CCC(O)N1Cc1ccccc1. The number of hydrogen-bond acceptors (Lipinski definition) is 3. The van der Waals surface area contributed by atoms with Crippen LogP contribution < -0.4 is 0 Å². The molecule has 3 nitrogen and oxygen atoms in total. The molecule has 1 saturated heterocycles. The van der Waals surface area contributed by atoms with Gasteiger partial charge in [0.2, 0.25) is 0 Å². The maximum atomic E-state index is 9.59. The smallest absolute Gasteiger partial charge is 0.109 e. The zero-order chi connectivity index (χ0) is 9.97. The van der Waals surface area contributed by atoms with Crippen LogP contribution in [-0.2, 0) is 6.54 Å². The van der Waals surface area contributed by atoms with Gasteiger partial charge in [-0.25, -0.2) is 4.90 Å². The second kappa shape index (κ2) is 4.09. The third-order valence-corrected chi connectivity index (χ3v) is 2.66. The van der Waals surface area contributed by atoms with E-state index in [1.165, 1.54) is 0 Å². The van der Waals surface area contributed by atoms with E-state index < -0.39 is 12.5 Å². The second-order valence-corrected chi connectivity index (χ2v) is 3.70. The molecule has 14 heavy (non-hydrogen) atoms. The summed E-state index contributed by atoms with van der Waals surface area (Å²) in [6.07, 6.45) is 0.331. The Balaban J connectivity index is 2.04. The Labute approximate surface area is 83.6 Å². The lowest BCUT2D eigenvalue weighted by molar-refractivity contribution is -0.0587. The minimum Gasteiger partial charge on any atom is -0.378 e. The molecular weight excluding hydrogens is 178 g/mol. The van der Waals surface area contributed by atoms with E-state index in [0.29, 0.717) is 19.4 Å². The minimum absolute atomic E-state index is 0.495. The number of aliphatic hydroxyl groups is 2. The monoisotopic (exact) mass is 193 g/mol. The molecule has 0 saturated carbocycles. The van der Waals surface area contributed by atoms with E-state index in [4.69, 9.17) is 0 Å². The van der Waals surface area contributed by atoms with E-state index >= 15 is 0 Å². The summed E-state index contributed by atoms with van der Waals surface area (Å²) in [5.41, 5.74) is 1.12. The molecule has 0 spiro atoms. The maximum Gasteiger partial charge on any atom is 0.109 e. The predicted molar refractivity (Wildman–Crippen MR) is 53.2 cm³/mol. The number of benzene rings is 1. The normalized spacial score (nSPS) is 28.1. The van der Waals surface area contributed by atoms with Gasteiger partial charge in [0.1, 0.15) is 12.5 Å². The van der Waals surface area contributed by atoms with Crippen LogP contribution in [0.15, 0.2) is 30.3 Å². The number of hydrogen-bond donors (Lipinski definition) is 2. The van der Waals surface area contributed by atoms with E-state index in [1.54, 1.807) is 4.90 Å². The van der Waals surface area contributed by atoms with Crippen molar-refractivity contribution in [2.24, 2.45) is 0 Å². The predicted octanol–water partition coefficient (Wildman–Crippen LogP) is 0.919. The van der Waals surface area contributed by atoms with Crippen molar-refractivity contribution in [1.82, 2.24) is 4.90 Å². The zero-order valence-corrected chi connectivity index (χ0v) is 8.00. The summed E-state index contributed by atoms with van der Waals surface area (Å²) in [5, 5.41) is 19.2. The van der Waals surface area contributed by atoms with Gasteiger partial charge in [0.25, 0.3) is 0 Å². The summed E-state index contributed by atoms with van der Waals surface area (Å²) < 4.78 is 0. The van der Waals surface area contributed by atoms with Gasteiger partial charge in [-0.2, -0.15) is 0 Å². The molecule has 3 heteroatoms. The highest BCUT2D eigenvalue weighted by Crippen LogP contribution is 2.22. The van der Waals surface area contributed by atoms with Crippen molar-refractivity contribution in [2.75, 3.05) is 0 Å². The van der Waals surface area contributed by atoms with Gasteiger partial charge in [-0.15, -0.1) is 0 Å². The Morgan fingerprint density at radius 2 is 1.64 bits per heavy atom. The van der Waals surface area contributed by atoms with E-state index in [-0.39, 0.29) is 0 Å². The molecule has 1 aliphatic rings. The average Bonchev–Trinajstić information content (AvgIpc) is 2.51. The standard InChI is InChI=1S/C11H15NO2/c13-10-6-7-11(14)12(10)8-9-4-2-1-3-5-9/h1-5,10-11,13-14H,6-8H2. The van der Waals surface area contributed by atoms with Gasteiger partial charge >= 0.3 is 0 Å². The summed E-state index contributed by atoms with van der Waals surface area (Å²) >= 11 is 0. The molecule has 1 aliphatic heterocycles. The van der Waals surface area contributed by atoms with Gasteiger partial charge in [0.15, 0.2) is 0 Å². The molecule has 0 bridgehead atoms. The molecular formula is C11H15NO2. The summed E-state index contributed by atoms with van der Waals surface area (Å²) in [6.45, 7) is 0.614. The largest absolute Gasteiger partial charge is 0.378 e. The van der Waals surface area contributed by atoms with E-state index in [2.05, 4.69) is 0 Å². The summed E-state index contributed by atoms with van der Waals surface area (Å²) in [4.78, 5) is 1.72. The number of aliphatic hydroxyl groups excluding tert-OH is 2. The highest BCUT2D eigenvalue weighted by Gasteiger charge is 2.29. The maximum absolute atomic E-state index is 9.59. The first-order chi connectivity index (χ1) is 6.77. The highest BCUT2D eigenvalue weighted by molar-refractivity contribution is 5.14. The van der Waals surface area contributed by atoms with Gasteiger partial charge in [-0.3, -0.25) is 0 Å². The topological polar surface area (TPSA) is 43.7 Å². The van der Waals surface area contributed by atoms with Crippen LogP contribution in [-0.4, -0.2) is 27.6 Å². The van der Waals surface area contributed by atoms with Crippen molar-refractivity contribution in [2.45, 2.75) is 31.8 Å². The van der Waals surface area contributed by atoms with Crippen molar-refractivity contribution >= 4 is 0 Å². The van der Waals surface area contributed by atoms with Crippen LogP contribution in [0, 0.1) is 0 Å². The lowest BCUT2D eigenvalue weighted by atomic mass is 10.2. The Hall–Kier alpha value is -0.900. The van der Waals surface area contributed by atoms with Gasteiger partial charge in [-0.05, 0) is 18.4 Å². The minimum atomic E-state index is -0.495. The molecule has 1 heterocycles. The van der Waals surface area contributed by atoms with Crippen LogP contribution in [0.4, 0.5) is 0 Å². The first kappa shape index (κ1) is 9.65. The molecule has 0 aliphatic carbocycles. The molecule has 1 aromatic rings. The molecule has 0 aromatic heterocycles. The van der Waals surface area contributed by atoms with E-state index in [1.807, 2.05) is 30.3 Å². The van der Waals surface area contributed by atoms with Gasteiger partial charge in [-0.1, -0.05) is 30.3 Å². The molecule has 2 rings (SSSR count). The first-order valence-corrected chi connectivity index (χ1v) is 4.93. The molecule has 2 unspecified atom stereocenters. The van der Waals surface area contributed by atoms with Crippen molar-refractivity contribution in [3.63, 3.8) is 0 Å². The van der Waals surface area contributed by atoms with Crippen LogP contribution >= 0.6 is 0 Å². The number of likely N-dealkylation sites (tertiary alicyclic amines) is 1. The van der Waals surface area contributed by atoms with Crippen molar-refractivity contribution in [1.29, 1.82) is 0 Å².